The van der Waals surface area contributed by atoms with Gasteiger partial charge in [-0.1, -0.05) is 79.7 Å². The molecule has 0 radical (unpaired) electrons. The van der Waals surface area contributed by atoms with Crippen LogP contribution in [-0.2, 0) is 21.6 Å². The van der Waals surface area contributed by atoms with Crippen LogP contribution in [0.2, 0.25) is 0 Å². The van der Waals surface area contributed by atoms with Crippen LogP contribution in [0, 0.1) is 0 Å². The third-order valence-corrected chi connectivity index (χ3v) is 6.26. The Morgan fingerprint density at radius 2 is 1.62 bits per heavy atom. The molecule has 0 aliphatic carbocycles. The van der Waals surface area contributed by atoms with Crippen LogP contribution >= 0.6 is 0 Å². The van der Waals surface area contributed by atoms with E-state index < -0.39 is 11.6 Å². The number of hydrogen-bond donors (Lipinski definition) is 1. The molecule has 0 saturated carbocycles. The molecule has 0 amide bonds. The SMILES string of the molecule is CCCN(C1=C(O)CC(CCc2ccccc2)(c2ccccc2)OC1=O)c1ccccc1OC. The normalized spacial score (nSPS) is 17.9. The molecule has 176 valence electrons. The summed E-state index contributed by atoms with van der Waals surface area (Å²) >= 11 is 0. The topological polar surface area (TPSA) is 59.0 Å². The van der Waals surface area contributed by atoms with Crippen molar-refractivity contribution in [3.05, 3.63) is 108 Å². The lowest BCUT2D eigenvalue weighted by Crippen LogP contribution is -2.43. The smallest absolute Gasteiger partial charge is 0.359 e. The second-order valence-corrected chi connectivity index (χ2v) is 8.53. The minimum Gasteiger partial charge on any atom is -0.510 e. The predicted octanol–water partition coefficient (Wildman–Crippen LogP) is 6.16. The molecule has 3 aromatic rings. The number of rotatable bonds is 9. The number of ether oxygens (including phenoxy) is 2. The first-order chi connectivity index (χ1) is 16.6. The van der Waals surface area contributed by atoms with Gasteiger partial charge >= 0.3 is 5.97 Å². The van der Waals surface area contributed by atoms with Crippen LogP contribution in [0.1, 0.15) is 37.3 Å². The summed E-state index contributed by atoms with van der Waals surface area (Å²) in [5, 5.41) is 11.4. The van der Waals surface area contributed by atoms with E-state index in [1.807, 2.05) is 84.6 Å². The maximum atomic E-state index is 13.6. The number of para-hydroxylation sites is 2. The van der Waals surface area contributed by atoms with Crippen molar-refractivity contribution < 1.29 is 19.4 Å². The molecule has 0 bridgehead atoms. The zero-order valence-corrected chi connectivity index (χ0v) is 19.7. The van der Waals surface area contributed by atoms with Crippen LogP contribution in [0.25, 0.3) is 0 Å². The molecule has 1 heterocycles. The predicted molar refractivity (Wildman–Crippen MR) is 134 cm³/mol. The highest BCUT2D eigenvalue weighted by molar-refractivity contribution is 5.95. The Kier molecular flexibility index (Phi) is 7.21. The molecule has 3 aromatic carbocycles. The van der Waals surface area contributed by atoms with E-state index in [0.717, 1.165) is 29.7 Å². The van der Waals surface area contributed by atoms with Gasteiger partial charge in [-0.25, -0.2) is 4.79 Å². The molecule has 4 rings (SSSR count). The number of cyclic esters (lactones) is 1. The number of nitrogens with zero attached hydrogens (tertiary/aromatic N) is 1. The number of benzene rings is 3. The van der Waals surface area contributed by atoms with Crippen molar-refractivity contribution in [2.24, 2.45) is 0 Å². The van der Waals surface area contributed by atoms with Crippen LogP contribution in [0.4, 0.5) is 5.69 Å². The van der Waals surface area contributed by atoms with Crippen molar-refractivity contribution >= 4 is 11.7 Å². The molecule has 5 nitrogen and oxygen atoms in total. The van der Waals surface area contributed by atoms with Crippen LogP contribution in [0.5, 0.6) is 5.75 Å². The quantitative estimate of drug-likeness (QED) is 0.390. The molecule has 1 unspecified atom stereocenters. The van der Waals surface area contributed by atoms with Gasteiger partial charge in [0.2, 0.25) is 0 Å². The number of carbonyl (C=O) groups excluding carboxylic acids is 1. The van der Waals surface area contributed by atoms with Gasteiger partial charge in [0, 0.05) is 6.54 Å². The first-order valence-electron chi connectivity index (χ1n) is 11.7. The van der Waals surface area contributed by atoms with Crippen molar-refractivity contribution in [3.8, 4) is 5.75 Å². The summed E-state index contributed by atoms with van der Waals surface area (Å²) < 4.78 is 11.8. The molecule has 0 spiro atoms. The van der Waals surface area contributed by atoms with E-state index >= 15 is 0 Å². The standard InChI is InChI=1S/C29H31NO4/c1-3-20-30(24-16-10-11-17-26(24)33-2)27-25(31)21-29(34-28(27)32,23-14-8-5-9-15-23)19-18-22-12-6-4-7-13-22/h4-17,31H,3,18-21H2,1-2H3. The van der Waals surface area contributed by atoms with E-state index in [-0.39, 0.29) is 17.9 Å². The van der Waals surface area contributed by atoms with E-state index in [2.05, 4.69) is 12.1 Å². The Hall–Kier alpha value is -3.73. The van der Waals surface area contributed by atoms with E-state index in [9.17, 15) is 9.90 Å². The molecular weight excluding hydrogens is 426 g/mol. The summed E-state index contributed by atoms with van der Waals surface area (Å²) in [4.78, 5) is 15.4. The minimum absolute atomic E-state index is 0.0347. The highest BCUT2D eigenvalue weighted by atomic mass is 16.6. The number of hydrogen-bond acceptors (Lipinski definition) is 5. The van der Waals surface area contributed by atoms with E-state index in [1.165, 1.54) is 0 Å². The molecule has 0 aromatic heterocycles. The molecule has 1 atom stereocenters. The monoisotopic (exact) mass is 457 g/mol. The Labute approximate surface area is 201 Å². The Bertz CT molecular complexity index is 1140. The Morgan fingerprint density at radius 3 is 2.26 bits per heavy atom. The molecular formula is C29H31NO4. The fraction of sp³-hybridized carbons (Fsp3) is 0.276. The Morgan fingerprint density at radius 1 is 0.971 bits per heavy atom. The second kappa shape index (κ2) is 10.5. The number of aliphatic hydroxyl groups is 1. The summed E-state index contributed by atoms with van der Waals surface area (Å²) in [5.41, 5.74) is 1.99. The van der Waals surface area contributed by atoms with Gasteiger partial charge in [-0.15, -0.1) is 0 Å². The fourth-order valence-corrected chi connectivity index (χ4v) is 4.61. The largest absolute Gasteiger partial charge is 0.510 e. The van der Waals surface area contributed by atoms with Gasteiger partial charge in [0.05, 0.1) is 19.2 Å². The maximum Gasteiger partial charge on any atom is 0.359 e. The number of aliphatic hydroxyl groups excluding tert-OH is 1. The van der Waals surface area contributed by atoms with E-state index in [1.54, 1.807) is 7.11 Å². The summed E-state index contributed by atoms with van der Waals surface area (Å²) in [6.07, 6.45) is 2.27. The molecule has 0 fully saturated rings. The summed E-state index contributed by atoms with van der Waals surface area (Å²) in [6, 6.07) is 27.3. The molecule has 0 saturated heterocycles. The zero-order valence-electron chi connectivity index (χ0n) is 19.7. The molecule has 1 aliphatic heterocycles. The fourth-order valence-electron chi connectivity index (χ4n) is 4.61. The third-order valence-electron chi connectivity index (χ3n) is 6.26. The van der Waals surface area contributed by atoms with E-state index in [4.69, 9.17) is 9.47 Å². The van der Waals surface area contributed by atoms with Gasteiger partial charge in [0.25, 0.3) is 0 Å². The third kappa shape index (κ3) is 4.79. The van der Waals surface area contributed by atoms with Crippen molar-refractivity contribution in [1.82, 2.24) is 0 Å². The highest BCUT2D eigenvalue weighted by Gasteiger charge is 2.45. The summed E-state index contributed by atoms with van der Waals surface area (Å²) in [7, 11) is 1.60. The van der Waals surface area contributed by atoms with Crippen LogP contribution in [-0.4, -0.2) is 24.7 Å². The van der Waals surface area contributed by atoms with Gasteiger partial charge in [0.1, 0.15) is 17.1 Å². The Balaban J connectivity index is 1.74. The number of anilines is 1. The van der Waals surface area contributed by atoms with Gasteiger partial charge in [0.15, 0.2) is 5.70 Å². The van der Waals surface area contributed by atoms with Crippen molar-refractivity contribution in [2.75, 3.05) is 18.6 Å². The average Bonchev–Trinajstić information content (AvgIpc) is 2.88. The van der Waals surface area contributed by atoms with Crippen molar-refractivity contribution in [1.29, 1.82) is 0 Å². The lowest BCUT2D eigenvalue weighted by Gasteiger charge is -2.40. The first kappa shape index (κ1) is 23.4. The van der Waals surface area contributed by atoms with Crippen LogP contribution < -0.4 is 9.64 Å². The lowest BCUT2D eigenvalue weighted by molar-refractivity contribution is -0.161. The minimum atomic E-state index is -0.944. The van der Waals surface area contributed by atoms with Gasteiger partial charge in [-0.05, 0) is 42.5 Å². The molecule has 5 heteroatoms. The van der Waals surface area contributed by atoms with Crippen molar-refractivity contribution in [2.45, 2.75) is 38.2 Å². The van der Waals surface area contributed by atoms with Gasteiger partial charge in [-0.2, -0.15) is 0 Å². The first-order valence-corrected chi connectivity index (χ1v) is 11.7. The zero-order chi connectivity index (χ0) is 24.0. The number of aryl methyl sites for hydroxylation is 1. The van der Waals surface area contributed by atoms with Crippen molar-refractivity contribution in [3.63, 3.8) is 0 Å². The molecule has 1 N–H and O–H groups in total. The molecule has 34 heavy (non-hydrogen) atoms. The molecule has 1 aliphatic rings. The maximum absolute atomic E-state index is 13.6. The second-order valence-electron chi connectivity index (χ2n) is 8.53. The number of methoxy groups -OCH3 is 1. The summed E-state index contributed by atoms with van der Waals surface area (Å²) in [6.45, 7) is 2.57. The number of esters is 1. The average molecular weight is 458 g/mol. The van der Waals surface area contributed by atoms with Crippen LogP contribution in [0.3, 0.4) is 0 Å². The lowest BCUT2D eigenvalue weighted by atomic mass is 9.82. The van der Waals surface area contributed by atoms with Gasteiger partial charge < -0.3 is 19.5 Å². The number of carbonyl (C=O) groups is 1. The van der Waals surface area contributed by atoms with E-state index in [0.29, 0.717) is 18.7 Å². The van der Waals surface area contributed by atoms with Crippen LogP contribution in [0.15, 0.2) is 96.4 Å². The highest BCUT2D eigenvalue weighted by Crippen LogP contribution is 2.43. The summed E-state index contributed by atoms with van der Waals surface area (Å²) in [5.74, 6) is 0.139. The van der Waals surface area contributed by atoms with Gasteiger partial charge in [-0.3, -0.25) is 0 Å².